The minimum Gasteiger partial charge on any atom is -0.375 e. The fraction of sp³-hybridized carbons (Fsp3) is 0.462. The summed E-state index contributed by atoms with van der Waals surface area (Å²) in [5.74, 6) is 0.293. The van der Waals surface area contributed by atoms with E-state index in [9.17, 15) is 4.79 Å². The van der Waals surface area contributed by atoms with Gasteiger partial charge in [0, 0.05) is 12.1 Å². The number of fused-ring (bicyclic) bond motifs is 1. The van der Waals surface area contributed by atoms with E-state index in [2.05, 4.69) is 26.1 Å². The van der Waals surface area contributed by atoms with Crippen molar-refractivity contribution in [1.29, 1.82) is 0 Å². The lowest BCUT2D eigenvalue weighted by Gasteiger charge is -2.35. The second-order valence-corrected chi connectivity index (χ2v) is 5.24. The zero-order valence-corrected chi connectivity index (χ0v) is 9.50. The Bertz CT molecular complexity index is 390. The first-order valence-electron chi connectivity index (χ1n) is 5.35. The quantitative estimate of drug-likeness (QED) is 0.702. The first-order valence-corrected chi connectivity index (χ1v) is 5.35. The van der Waals surface area contributed by atoms with Crippen molar-refractivity contribution >= 4 is 11.5 Å². The molecule has 0 spiro atoms. The molecule has 1 aromatic rings. The highest BCUT2D eigenvalue weighted by Gasteiger charge is 2.34. The predicted octanol–water partition coefficient (Wildman–Crippen LogP) is 2.64. The van der Waals surface area contributed by atoms with Gasteiger partial charge in [0.1, 0.15) is 0 Å². The van der Waals surface area contributed by atoms with Gasteiger partial charge in [-0.3, -0.25) is 4.79 Å². The molecule has 0 saturated carbocycles. The normalized spacial score (nSPS) is 20.7. The van der Waals surface area contributed by atoms with Gasteiger partial charge in [-0.25, -0.2) is 0 Å². The third kappa shape index (κ3) is 1.89. The van der Waals surface area contributed by atoms with Crippen LogP contribution in [0.1, 0.15) is 26.3 Å². The topological polar surface area (TPSA) is 29.1 Å². The van der Waals surface area contributed by atoms with Crippen LogP contribution in [0.5, 0.6) is 0 Å². The molecule has 1 N–H and O–H groups in total. The number of hydrogen-bond acceptors (Lipinski definition) is 2. The lowest BCUT2D eigenvalue weighted by molar-refractivity contribution is -0.121. The first-order chi connectivity index (χ1) is 6.98. The van der Waals surface area contributed by atoms with Gasteiger partial charge in [-0.2, -0.15) is 0 Å². The fourth-order valence-electron chi connectivity index (χ4n) is 2.04. The van der Waals surface area contributed by atoms with Gasteiger partial charge in [-0.15, -0.1) is 0 Å². The van der Waals surface area contributed by atoms with Gasteiger partial charge in [0.2, 0.25) is 0 Å². The number of hydrogen-bond donors (Lipinski definition) is 1. The van der Waals surface area contributed by atoms with Crippen molar-refractivity contribution < 1.29 is 4.79 Å². The Morgan fingerprint density at radius 2 is 1.93 bits per heavy atom. The Balaban J connectivity index is 2.34. The van der Waals surface area contributed by atoms with Crippen molar-refractivity contribution in [2.75, 3.05) is 5.32 Å². The van der Waals surface area contributed by atoms with Crippen LogP contribution in [0, 0.1) is 5.41 Å². The molecule has 0 unspecified atom stereocenters. The lowest BCUT2D eigenvalue weighted by Crippen LogP contribution is -2.44. The molecule has 1 atom stereocenters. The zero-order valence-electron chi connectivity index (χ0n) is 9.50. The first kappa shape index (κ1) is 10.2. The van der Waals surface area contributed by atoms with Gasteiger partial charge in [-0.1, -0.05) is 39.0 Å². The molecule has 15 heavy (non-hydrogen) atoms. The van der Waals surface area contributed by atoms with Crippen LogP contribution in [0.4, 0.5) is 5.69 Å². The highest BCUT2D eigenvalue weighted by Crippen LogP contribution is 2.30. The van der Waals surface area contributed by atoms with Gasteiger partial charge >= 0.3 is 0 Å². The molecule has 0 radical (unpaired) electrons. The molecule has 2 nitrogen and oxygen atoms in total. The monoisotopic (exact) mass is 203 g/mol. The number of benzene rings is 1. The summed E-state index contributed by atoms with van der Waals surface area (Å²) >= 11 is 0. The lowest BCUT2D eigenvalue weighted by atomic mass is 9.80. The van der Waals surface area contributed by atoms with Crippen molar-refractivity contribution in [2.45, 2.75) is 33.2 Å². The van der Waals surface area contributed by atoms with Gasteiger partial charge in [-0.05, 0) is 17.0 Å². The average Bonchev–Trinajstić information content (AvgIpc) is 2.15. The SMILES string of the molecule is CC(C)(C)[C@H]1Nc2ccccc2CC1=O. The van der Waals surface area contributed by atoms with Crippen LogP contribution in [0.3, 0.4) is 0 Å². The average molecular weight is 203 g/mol. The number of carbonyl (C=O) groups is 1. The Labute approximate surface area is 90.7 Å². The number of para-hydroxylation sites is 1. The van der Waals surface area contributed by atoms with Crippen LogP contribution in [0.25, 0.3) is 0 Å². The second kappa shape index (κ2) is 3.37. The Hall–Kier alpha value is -1.31. The van der Waals surface area contributed by atoms with Gasteiger partial charge in [0.25, 0.3) is 0 Å². The van der Waals surface area contributed by atoms with Crippen LogP contribution < -0.4 is 5.32 Å². The number of Topliss-reactive ketones (excluding diaryl/α,β-unsaturated/α-hetero) is 1. The summed E-state index contributed by atoms with van der Waals surface area (Å²) < 4.78 is 0. The van der Waals surface area contributed by atoms with E-state index in [-0.39, 0.29) is 11.5 Å². The van der Waals surface area contributed by atoms with E-state index >= 15 is 0 Å². The largest absolute Gasteiger partial charge is 0.375 e. The Kier molecular flexibility index (Phi) is 2.29. The molecular formula is C13H17NO. The molecule has 80 valence electrons. The highest BCUT2D eigenvalue weighted by atomic mass is 16.1. The van der Waals surface area contributed by atoms with Gasteiger partial charge in [0.15, 0.2) is 5.78 Å². The molecule has 0 fully saturated rings. The molecule has 0 aromatic heterocycles. The van der Waals surface area contributed by atoms with Crippen molar-refractivity contribution in [2.24, 2.45) is 5.41 Å². The molecule has 1 aromatic carbocycles. The van der Waals surface area contributed by atoms with E-state index in [4.69, 9.17) is 0 Å². The van der Waals surface area contributed by atoms with Crippen molar-refractivity contribution in [3.8, 4) is 0 Å². The van der Waals surface area contributed by atoms with E-state index in [1.165, 1.54) is 0 Å². The van der Waals surface area contributed by atoms with Crippen molar-refractivity contribution in [3.05, 3.63) is 29.8 Å². The summed E-state index contributed by atoms with van der Waals surface area (Å²) in [6.45, 7) is 6.28. The third-order valence-electron chi connectivity index (χ3n) is 2.87. The van der Waals surface area contributed by atoms with E-state index in [0.29, 0.717) is 12.2 Å². The van der Waals surface area contributed by atoms with E-state index < -0.39 is 0 Å². The summed E-state index contributed by atoms with van der Waals surface area (Å²) in [7, 11) is 0. The summed E-state index contributed by atoms with van der Waals surface area (Å²) in [6, 6.07) is 7.97. The van der Waals surface area contributed by atoms with Gasteiger partial charge < -0.3 is 5.32 Å². The number of nitrogens with one attached hydrogen (secondary N) is 1. The van der Waals surface area contributed by atoms with Crippen molar-refractivity contribution in [3.63, 3.8) is 0 Å². The fourth-order valence-corrected chi connectivity index (χ4v) is 2.04. The molecule has 1 heterocycles. The molecule has 2 rings (SSSR count). The molecule has 0 amide bonds. The van der Waals surface area contributed by atoms with Crippen LogP contribution in [-0.4, -0.2) is 11.8 Å². The molecule has 0 saturated heterocycles. The smallest absolute Gasteiger partial charge is 0.159 e. The zero-order chi connectivity index (χ0) is 11.1. The maximum Gasteiger partial charge on any atom is 0.159 e. The minimum atomic E-state index is -0.0626. The van der Waals surface area contributed by atoms with E-state index in [0.717, 1.165) is 11.3 Å². The van der Waals surface area contributed by atoms with Crippen LogP contribution in [-0.2, 0) is 11.2 Å². The van der Waals surface area contributed by atoms with Crippen LogP contribution in [0.15, 0.2) is 24.3 Å². The highest BCUT2D eigenvalue weighted by molar-refractivity contribution is 5.93. The molecular weight excluding hydrogens is 186 g/mol. The van der Waals surface area contributed by atoms with Crippen LogP contribution in [0.2, 0.25) is 0 Å². The van der Waals surface area contributed by atoms with Crippen molar-refractivity contribution in [1.82, 2.24) is 0 Å². The number of carbonyl (C=O) groups excluding carboxylic acids is 1. The van der Waals surface area contributed by atoms with E-state index in [1.54, 1.807) is 0 Å². The summed E-state index contributed by atoms with van der Waals surface area (Å²) in [6.07, 6.45) is 0.561. The number of anilines is 1. The summed E-state index contributed by atoms with van der Waals surface area (Å²) in [5, 5.41) is 3.34. The molecule has 0 bridgehead atoms. The maximum absolute atomic E-state index is 11.9. The minimum absolute atomic E-state index is 0.0232. The molecule has 2 heteroatoms. The summed E-state index contributed by atoms with van der Waals surface area (Å²) in [5.41, 5.74) is 2.20. The van der Waals surface area contributed by atoms with E-state index in [1.807, 2.05) is 24.3 Å². The standard InChI is InChI=1S/C13H17NO/c1-13(2,3)12-11(15)8-9-6-4-5-7-10(9)14-12/h4-7,12,14H,8H2,1-3H3/t12-/m0/s1. The molecule has 1 aliphatic rings. The number of ketones is 1. The predicted molar refractivity (Wildman–Crippen MR) is 62.0 cm³/mol. The van der Waals surface area contributed by atoms with Crippen LogP contribution >= 0.6 is 0 Å². The second-order valence-electron chi connectivity index (χ2n) is 5.24. The molecule has 1 aliphatic heterocycles. The number of rotatable bonds is 0. The summed E-state index contributed by atoms with van der Waals surface area (Å²) in [4.78, 5) is 11.9. The molecule has 0 aliphatic carbocycles. The third-order valence-corrected chi connectivity index (χ3v) is 2.87. The van der Waals surface area contributed by atoms with Gasteiger partial charge in [0.05, 0.1) is 6.04 Å². The maximum atomic E-state index is 11.9. The Morgan fingerprint density at radius 3 is 2.60 bits per heavy atom. The Morgan fingerprint density at radius 1 is 1.27 bits per heavy atom.